The van der Waals surface area contributed by atoms with Gasteiger partial charge in [0.25, 0.3) is 5.91 Å². The first kappa shape index (κ1) is 11.1. The van der Waals surface area contributed by atoms with Crippen LogP contribution in [0, 0.1) is 5.41 Å². The summed E-state index contributed by atoms with van der Waals surface area (Å²) in [6.07, 6.45) is 1.92. The number of hydrogen-bond donors (Lipinski definition) is 0. The summed E-state index contributed by atoms with van der Waals surface area (Å²) in [5.74, 6) is -0.0906. The Bertz CT molecular complexity index is 458. The van der Waals surface area contributed by atoms with Crippen LogP contribution in [-0.2, 0) is 16.1 Å². The van der Waals surface area contributed by atoms with Gasteiger partial charge in [-0.15, -0.1) is 0 Å². The van der Waals surface area contributed by atoms with Crippen LogP contribution in [0.15, 0.2) is 29.4 Å². The molecule has 0 aromatic carbocycles. The average Bonchev–Trinajstić information content (AvgIpc) is 2.26. The maximum atomic E-state index is 11.9. The van der Waals surface area contributed by atoms with Crippen molar-refractivity contribution < 1.29 is 9.53 Å². The first-order valence-electron chi connectivity index (χ1n) is 5.48. The molecular formula is C12H16N2O2. The Morgan fingerprint density at radius 2 is 2.31 bits per heavy atom. The zero-order valence-electron chi connectivity index (χ0n) is 9.64. The smallest absolute Gasteiger partial charge is 0.258 e. The van der Waals surface area contributed by atoms with E-state index in [0.717, 1.165) is 6.54 Å². The summed E-state index contributed by atoms with van der Waals surface area (Å²) in [6.45, 7) is 5.68. The minimum absolute atomic E-state index is 0.0906. The number of carbonyl (C=O) groups is 1. The van der Waals surface area contributed by atoms with Crippen LogP contribution in [0.3, 0.4) is 0 Å². The molecule has 1 aromatic heterocycles. The summed E-state index contributed by atoms with van der Waals surface area (Å²) >= 11 is 0. The van der Waals surface area contributed by atoms with Crippen molar-refractivity contribution in [3.8, 4) is 0 Å². The van der Waals surface area contributed by atoms with Gasteiger partial charge in [0.1, 0.15) is 5.49 Å². The molecule has 0 bridgehead atoms. The zero-order chi connectivity index (χ0) is 11.6. The number of ether oxygens (including phenoxy) is 1. The maximum Gasteiger partial charge on any atom is 0.258 e. The number of pyridine rings is 1. The Labute approximate surface area is 94.6 Å². The highest BCUT2D eigenvalue weighted by Gasteiger charge is 2.40. The Kier molecular flexibility index (Phi) is 2.92. The highest BCUT2D eigenvalue weighted by molar-refractivity contribution is 5.84. The van der Waals surface area contributed by atoms with Crippen molar-refractivity contribution in [2.24, 2.45) is 10.4 Å². The molecule has 4 heteroatoms. The van der Waals surface area contributed by atoms with E-state index in [1.807, 2.05) is 42.8 Å². The highest BCUT2D eigenvalue weighted by Crippen LogP contribution is 2.27. The lowest BCUT2D eigenvalue weighted by Crippen LogP contribution is -2.46. The molecule has 0 unspecified atom stereocenters. The van der Waals surface area contributed by atoms with Crippen molar-refractivity contribution in [2.75, 3.05) is 13.2 Å². The van der Waals surface area contributed by atoms with Crippen molar-refractivity contribution in [3.63, 3.8) is 0 Å². The fourth-order valence-corrected chi connectivity index (χ4v) is 1.61. The van der Waals surface area contributed by atoms with Crippen molar-refractivity contribution in [1.29, 1.82) is 0 Å². The molecule has 1 aromatic rings. The molecule has 0 aliphatic carbocycles. The fraction of sp³-hybridized carbons (Fsp3) is 0.500. The molecule has 1 aliphatic rings. The van der Waals surface area contributed by atoms with Crippen LogP contribution < -0.4 is 5.49 Å². The molecule has 86 valence electrons. The predicted octanol–water partition coefficient (Wildman–Crippen LogP) is 0.972. The molecule has 0 saturated carbocycles. The minimum Gasteiger partial charge on any atom is -0.379 e. The predicted molar refractivity (Wildman–Crippen MR) is 59.6 cm³/mol. The number of amides is 1. The third-order valence-electron chi connectivity index (χ3n) is 2.83. The van der Waals surface area contributed by atoms with Crippen molar-refractivity contribution in [3.05, 3.63) is 29.9 Å². The number of rotatable bonds is 2. The molecule has 1 saturated heterocycles. The van der Waals surface area contributed by atoms with Crippen LogP contribution in [0.5, 0.6) is 0 Å². The van der Waals surface area contributed by atoms with Gasteiger partial charge in [-0.05, 0) is 26.0 Å². The van der Waals surface area contributed by atoms with Gasteiger partial charge in [0.05, 0.1) is 18.6 Å². The van der Waals surface area contributed by atoms with Gasteiger partial charge in [-0.2, -0.15) is 4.99 Å². The topological polar surface area (TPSA) is 43.6 Å². The van der Waals surface area contributed by atoms with Gasteiger partial charge >= 0.3 is 0 Å². The van der Waals surface area contributed by atoms with Crippen LogP contribution >= 0.6 is 0 Å². The largest absolute Gasteiger partial charge is 0.379 e. The summed E-state index contributed by atoms with van der Waals surface area (Å²) in [6, 6.07) is 5.67. The second kappa shape index (κ2) is 4.22. The molecule has 2 rings (SSSR count). The van der Waals surface area contributed by atoms with Gasteiger partial charge in [-0.1, -0.05) is 6.07 Å². The lowest BCUT2D eigenvalue weighted by atomic mass is 9.88. The molecule has 16 heavy (non-hydrogen) atoms. The number of nitrogens with zero attached hydrogens (tertiary/aromatic N) is 2. The van der Waals surface area contributed by atoms with Gasteiger partial charge in [0.15, 0.2) is 0 Å². The molecule has 0 atom stereocenters. The van der Waals surface area contributed by atoms with E-state index in [1.54, 1.807) is 0 Å². The lowest BCUT2D eigenvalue weighted by molar-refractivity contribution is -0.154. The Morgan fingerprint density at radius 1 is 1.56 bits per heavy atom. The molecular weight excluding hydrogens is 204 g/mol. The first-order chi connectivity index (χ1) is 7.65. The van der Waals surface area contributed by atoms with Crippen LogP contribution in [0.25, 0.3) is 0 Å². The van der Waals surface area contributed by atoms with Gasteiger partial charge in [-0.3, -0.25) is 4.79 Å². The molecule has 0 N–H and O–H groups in total. The molecule has 1 amide bonds. The molecule has 1 aliphatic heterocycles. The molecule has 2 heterocycles. The van der Waals surface area contributed by atoms with E-state index in [2.05, 4.69) is 4.99 Å². The SMILES string of the molecule is CCn1ccccc1=NC(=O)C1(C)COC1. The second-order valence-electron chi connectivity index (χ2n) is 4.32. The standard InChI is InChI=1S/C12H16N2O2/c1-3-14-7-5-4-6-10(14)13-11(15)12(2)8-16-9-12/h4-7H,3,8-9H2,1-2H3. The molecule has 0 radical (unpaired) electrons. The van der Waals surface area contributed by atoms with E-state index >= 15 is 0 Å². The van der Waals surface area contributed by atoms with Gasteiger partial charge < -0.3 is 9.30 Å². The van der Waals surface area contributed by atoms with Gasteiger partial charge in [-0.25, -0.2) is 0 Å². The Balaban J connectivity index is 2.32. The maximum absolute atomic E-state index is 11.9. The normalized spacial score (nSPS) is 19.2. The molecule has 1 fully saturated rings. The van der Waals surface area contributed by atoms with Crippen LogP contribution in [0.2, 0.25) is 0 Å². The second-order valence-corrected chi connectivity index (χ2v) is 4.32. The zero-order valence-corrected chi connectivity index (χ0v) is 9.64. The third kappa shape index (κ3) is 1.93. The monoisotopic (exact) mass is 220 g/mol. The van der Waals surface area contributed by atoms with Crippen LogP contribution in [0.4, 0.5) is 0 Å². The van der Waals surface area contributed by atoms with E-state index in [4.69, 9.17) is 4.74 Å². The quantitative estimate of drug-likeness (QED) is 0.745. The lowest BCUT2D eigenvalue weighted by Gasteiger charge is -2.34. The van der Waals surface area contributed by atoms with E-state index in [0.29, 0.717) is 18.7 Å². The average molecular weight is 220 g/mol. The minimum atomic E-state index is -0.415. The number of carbonyl (C=O) groups excluding carboxylic acids is 1. The summed E-state index contributed by atoms with van der Waals surface area (Å²) in [5, 5.41) is 0. The summed E-state index contributed by atoms with van der Waals surface area (Å²) in [7, 11) is 0. The van der Waals surface area contributed by atoms with Crippen molar-refractivity contribution in [1.82, 2.24) is 4.57 Å². The van der Waals surface area contributed by atoms with Crippen molar-refractivity contribution in [2.45, 2.75) is 20.4 Å². The van der Waals surface area contributed by atoms with E-state index < -0.39 is 5.41 Å². The number of aromatic nitrogens is 1. The van der Waals surface area contributed by atoms with Gasteiger partial charge in [0.2, 0.25) is 0 Å². The summed E-state index contributed by atoms with van der Waals surface area (Å²) < 4.78 is 7.01. The molecule has 4 nitrogen and oxygen atoms in total. The number of hydrogen-bond acceptors (Lipinski definition) is 2. The van der Waals surface area contributed by atoms with Crippen LogP contribution in [0.1, 0.15) is 13.8 Å². The third-order valence-corrected chi connectivity index (χ3v) is 2.83. The highest BCUT2D eigenvalue weighted by atomic mass is 16.5. The van der Waals surface area contributed by atoms with E-state index in [1.165, 1.54) is 0 Å². The van der Waals surface area contributed by atoms with E-state index in [9.17, 15) is 4.79 Å². The Hall–Kier alpha value is -1.42. The Morgan fingerprint density at radius 3 is 2.88 bits per heavy atom. The van der Waals surface area contributed by atoms with Crippen LogP contribution in [-0.4, -0.2) is 23.7 Å². The first-order valence-corrected chi connectivity index (χ1v) is 5.48. The fourth-order valence-electron chi connectivity index (χ4n) is 1.61. The molecule has 0 spiro atoms. The van der Waals surface area contributed by atoms with E-state index in [-0.39, 0.29) is 5.91 Å². The number of aryl methyl sites for hydroxylation is 1. The van der Waals surface area contributed by atoms with Crippen molar-refractivity contribution >= 4 is 5.91 Å². The summed E-state index contributed by atoms with van der Waals surface area (Å²) in [5.41, 5.74) is 0.296. The van der Waals surface area contributed by atoms with Gasteiger partial charge in [0, 0.05) is 12.7 Å². The summed E-state index contributed by atoms with van der Waals surface area (Å²) in [4.78, 5) is 16.1.